The van der Waals surface area contributed by atoms with Crippen LogP contribution in [0.25, 0.3) is 0 Å². The Morgan fingerprint density at radius 3 is 2.47 bits per heavy atom. The van der Waals surface area contributed by atoms with E-state index in [1.165, 1.54) is 13.0 Å². The number of carbonyl (C=O) groups excluding carboxylic acids is 1. The minimum atomic E-state index is -1.04. The van der Waals surface area contributed by atoms with Crippen molar-refractivity contribution >= 4 is 11.9 Å². The molecule has 0 heterocycles. The van der Waals surface area contributed by atoms with E-state index in [0.717, 1.165) is 0 Å². The Morgan fingerprint density at radius 2 is 1.94 bits per heavy atom. The average molecular weight is 234 g/mol. The van der Waals surface area contributed by atoms with Gasteiger partial charge in [0.15, 0.2) is 0 Å². The minimum absolute atomic E-state index is 0.134. The molecule has 0 bridgehead atoms. The number of esters is 1. The number of hydrogen-bond acceptors (Lipinski definition) is 3. The maximum atomic E-state index is 11.3. The third-order valence-electron chi connectivity index (χ3n) is 2.26. The lowest BCUT2D eigenvalue weighted by atomic mass is 10.0. The maximum Gasteiger partial charge on any atom is 0.336 e. The summed E-state index contributed by atoms with van der Waals surface area (Å²) in [6.07, 6.45) is -0.619. The van der Waals surface area contributed by atoms with Crippen molar-refractivity contribution in [3.05, 3.63) is 47.5 Å². The minimum Gasteiger partial charge on any atom is -0.478 e. The molecule has 0 aliphatic rings. The van der Waals surface area contributed by atoms with Gasteiger partial charge in [0.1, 0.15) is 6.10 Å². The molecule has 4 heteroatoms. The van der Waals surface area contributed by atoms with Crippen molar-refractivity contribution in [1.82, 2.24) is 0 Å². The molecule has 0 aliphatic heterocycles. The van der Waals surface area contributed by atoms with E-state index >= 15 is 0 Å². The van der Waals surface area contributed by atoms with E-state index in [9.17, 15) is 9.59 Å². The Morgan fingerprint density at radius 1 is 1.35 bits per heavy atom. The first-order chi connectivity index (χ1) is 7.93. The van der Waals surface area contributed by atoms with Crippen LogP contribution < -0.4 is 0 Å². The number of carboxylic acids is 1. The van der Waals surface area contributed by atoms with E-state index in [2.05, 4.69) is 6.58 Å². The summed E-state index contributed by atoms with van der Waals surface area (Å²) in [6, 6.07) is 6.43. The Balaban J connectivity index is 2.96. The molecule has 1 rings (SSSR count). The molecule has 1 aromatic carbocycles. The van der Waals surface area contributed by atoms with Crippen molar-refractivity contribution in [2.24, 2.45) is 0 Å². The summed E-state index contributed by atoms with van der Waals surface area (Å²) in [4.78, 5) is 22.3. The molecule has 1 atom stereocenters. The summed E-state index contributed by atoms with van der Waals surface area (Å²) >= 11 is 0. The van der Waals surface area contributed by atoms with E-state index in [1.54, 1.807) is 25.1 Å². The van der Waals surface area contributed by atoms with Crippen LogP contribution in [0.4, 0.5) is 0 Å². The standard InChI is InChI=1S/C13H14O4/c1-8(2)13(16)17-9(3)10-6-4-5-7-11(10)12(14)15/h4-7,9H,1H2,2-3H3,(H,14,15). The zero-order valence-corrected chi connectivity index (χ0v) is 9.77. The number of hydrogen-bond donors (Lipinski definition) is 1. The highest BCUT2D eigenvalue weighted by molar-refractivity contribution is 5.90. The van der Waals surface area contributed by atoms with Crippen molar-refractivity contribution in [3.8, 4) is 0 Å². The fourth-order valence-corrected chi connectivity index (χ4v) is 1.37. The van der Waals surface area contributed by atoms with Crippen LogP contribution in [0.15, 0.2) is 36.4 Å². The maximum absolute atomic E-state index is 11.3. The largest absolute Gasteiger partial charge is 0.478 e. The molecular formula is C13H14O4. The molecule has 0 radical (unpaired) electrons. The molecule has 1 aromatic rings. The second-order valence-corrected chi connectivity index (χ2v) is 3.72. The number of carboxylic acid groups (broad SMARTS) is 1. The Hall–Kier alpha value is -2.10. The number of rotatable bonds is 4. The fourth-order valence-electron chi connectivity index (χ4n) is 1.37. The lowest BCUT2D eigenvalue weighted by Gasteiger charge is -2.15. The normalized spacial score (nSPS) is 11.6. The van der Waals surface area contributed by atoms with Crippen LogP contribution in [0, 0.1) is 0 Å². The van der Waals surface area contributed by atoms with Gasteiger partial charge in [0.2, 0.25) is 0 Å². The SMILES string of the molecule is C=C(C)C(=O)OC(C)c1ccccc1C(=O)O. The molecule has 0 saturated carbocycles. The molecule has 1 N–H and O–H groups in total. The third-order valence-corrected chi connectivity index (χ3v) is 2.26. The van der Waals surface area contributed by atoms with Crippen LogP contribution in [0.3, 0.4) is 0 Å². The summed E-state index contributed by atoms with van der Waals surface area (Å²) in [6.45, 7) is 6.64. The molecule has 0 saturated heterocycles. The van der Waals surface area contributed by atoms with Crippen LogP contribution in [-0.4, -0.2) is 17.0 Å². The number of aromatic carboxylic acids is 1. The summed E-state index contributed by atoms with van der Waals surface area (Å²) in [5.41, 5.74) is 0.883. The molecule has 0 aliphatic carbocycles. The van der Waals surface area contributed by atoms with Gasteiger partial charge in [0, 0.05) is 11.1 Å². The Labute approximate surface area is 99.5 Å². The van der Waals surface area contributed by atoms with Crippen LogP contribution in [0.2, 0.25) is 0 Å². The lowest BCUT2D eigenvalue weighted by molar-refractivity contribution is -0.143. The van der Waals surface area contributed by atoms with Crippen molar-refractivity contribution < 1.29 is 19.4 Å². The fraction of sp³-hybridized carbons (Fsp3) is 0.231. The van der Waals surface area contributed by atoms with Crippen LogP contribution >= 0.6 is 0 Å². The molecule has 0 fully saturated rings. The highest BCUT2D eigenvalue weighted by Crippen LogP contribution is 2.22. The van der Waals surface area contributed by atoms with Crippen LogP contribution in [0.5, 0.6) is 0 Å². The predicted molar refractivity (Wildman–Crippen MR) is 62.7 cm³/mol. The van der Waals surface area contributed by atoms with E-state index in [0.29, 0.717) is 5.56 Å². The average Bonchev–Trinajstić information content (AvgIpc) is 2.28. The number of ether oxygens (including phenoxy) is 1. The van der Waals surface area contributed by atoms with Gasteiger partial charge in [0.05, 0.1) is 5.56 Å². The van der Waals surface area contributed by atoms with Crippen molar-refractivity contribution in [2.75, 3.05) is 0 Å². The second kappa shape index (κ2) is 5.30. The first-order valence-electron chi connectivity index (χ1n) is 5.12. The highest BCUT2D eigenvalue weighted by atomic mass is 16.5. The third kappa shape index (κ3) is 3.17. The van der Waals surface area contributed by atoms with E-state index in [1.807, 2.05) is 0 Å². The molecule has 1 unspecified atom stereocenters. The predicted octanol–water partition coefficient (Wildman–Crippen LogP) is 2.57. The van der Waals surface area contributed by atoms with Gasteiger partial charge in [-0.25, -0.2) is 9.59 Å². The van der Waals surface area contributed by atoms with E-state index < -0.39 is 18.0 Å². The Kier molecular flexibility index (Phi) is 4.04. The van der Waals surface area contributed by atoms with Gasteiger partial charge in [-0.2, -0.15) is 0 Å². The molecule has 0 spiro atoms. The molecule has 90 valence electrons. The highest BCUT2D eigenvalue weighted by Gasteiger charge is 2.18. The molecule has 17 heavy (non-hydrogen) atoms. The first-order valence-corrected chi connectivity index (χ1v) is 5.12. The van der Waals surface area contributed by atoms with Crippen molar-refractivity contribution in [3.63, 3.8) is 0 Å². The van der Waals surface area contributed by atoms with E-state index in [-0.39, 0.29) is 11.1 Å². The zero-order chi connectivity index (χ0) is 13.0. The quantitative estimate of drug-likeness (QED) is 0.642. The molecule has 0 aromatic heterocycles. The summed E-state index contributed by atoms with van der Waals surface area (Å²) in [7, 11) is 0. The van der Waals surface area contributed by atoms with Gasteiger partial charge in [-0.3, -0.25) is 0 Å². The molecular weight excluding hydrogens is 220 g/mol. The Bertz CT molecular complexity index is 462. The lowest BCUT2D eigenvalue weighted by Crippen LogP contribution is -2.12. The van der Waals surface area contributed by atoms with Crippen molar-refractivity contribution in [1.29, 1.82) is 0 Å². The van der Waals surface area contributed by atoms with Gasteiger partial charge in [-0.1, -0.05) is 24.8 Å². The molecule has 0 amide bonds. The summed E-state index contributed by atoms with van der Waals surface area (Å²) < 4.78 is 5.09. The van der Waals surface area contributed by atoms with Gasteiger partial charge in [0.25, 0.3) is 0 Å². The zero-order valence-electron chi connectivity index (χ0n) is 9.77. The van der Waals surface area contributed by atoms with E-state index in [4.69, 9.17) is 9.84 Å². The second-order valence-electron chi connectivity index (χ2n) is 3.72. The number of carbonyl (C=O) groups is 2. The van der Waals surface area contributed by atoms with Crippen LogP contribution in [0.1, 0.15) is 35.9 Å². The van der Waals surface area contributed by atoms with Gasteiger partial charge >= 0.3 is 11.9 Å². The van der Waals surface area contributed by atoms with Gasteiger partial charge < -0.3 is 9.84 Å². The topological polar surface area (TPSA) is 63.6 Å². The van der Waals surface area contributed by atoms with Crippen LogP contribution in [-0.2, 0) is 9.53 Å². The monoisotopic (exact) mass is 234 g/mol. The van der Waals surface area contributed by atoms with Gasteiger partial charge in [-0.15, -0.1) is 0 Å². The van der Waals surface area contributed by atoms with Gasteiger partial charge in [-0.05, 0) is 19.9 Å². The molecule has 4 nitrogen and oxygen atoms in total. The summed E-state index contributed by atoms with van der Waals surface area (Å²) in [5.74, 6) is -1.57. The summed E-state index contributed by atoms with van der Waals surface area (Å²) in [5, 5.41) is 9.00. The first kappa shape index (κ1) is 13.0. The smallest absolute Gasteiger partial charge is 0.336 e. The number of benzene rings is 1. The van der Waals surface area contributed by atoms with Crippen molar-refractivity contribution in [2.45, 2.75) is 20.0 Å².